The highest BCUT2D eigenvalue weighted by Gasteiger charge is 2.18. The number of sulfonamides is 1. The summed E-state index contributed by atoms with van der Waals surface area (Å²) in [5.41, 5.74) is 0.231. The Morgan fingerprint density at radius 2 is 2.00 bits per heavy atom. The fourth-order valence-corrected chi connectivity index (χ4v) is 2.13. The third-order valence-electron chi connectivity index (χ3n) is 1.87. The Balaban J connectivity index is 2.25. The van der Waals surface area contributed by atoms with Crippen molar-refractivity contribution in [2.45, 2.75) is 11.7 Å². The minimum atomic E-state index is -3.81. The summed E-state index contributed by atoms with van der Waals surface area (Å²) in [7, 11) is -3.81. The van der Waals surface area contributed by atoms with Gasteiger partial charge < -0.3 is 9.52 Å². The monoisotopic (exact) mass is 255 g/mol. The molecule has 8 heteroatoms. The normalized spacial score (nSPS) is 11.4. The molecule has 0 amide bonds. The molecule has 0 aliphatic carbocycles. The summed E-state index contributed by atoms with van der Waals surface area (Å²) in [5, 5.41) is 8.50. The van der Waals surface area contributed by atoms with E-state index in [1.165, 1.54) is 30.9 Å². The second-order valence-electron chi connectivity index (χ2n) is 3.11. The fourth-order valence-electron chi connectivity index (χ4n) is 1.14. The summed E-state index contributed by atoms with van der Waals surface area (Å²) < 4.78 is 30.7. The first kappa shape index (κ1) is 11.6. The predicted molar refractivity (Wildman–Crippen MR) is 57.5 cm³/mol. The van der Waals surface area contributed by atoms with E-state index in [0.717, 1.165) is 0 Å². The van der Waals surface area contributed by atoms with Crippen molar-refractivity contribution in [3.8, 4) is 0 Å². The first-order valence-electron chi connectivity index (χ1n) is 4.59. The first-order valence-corrected chi connectivity index (χ1v) is 6.07. The molecule has 0 aliphatic heterocycles. The summed E-state index contributed by atoms with van der Waals surface area (Å²) in [6.45, 7) is -0.357. The zero-order chi connectivity index (χ0) is 12.3. The van der Waals surface area contributed by atoms with E-state index in [2.05, 4.69) is 14.7 Å². The SMILES string of the molecule is O=S(=O)(Nc1cncnc1)c1ccc(CO)o1. The van der Waals surface area contributed by atoms with E-state index in [1.54, 1.807) is 0 Å². The number of aliphatic hydroxyl groups excluding tert-OH is 1. The Labute approximate surface area is 97.2 Å². The molecule has 0 bridgehead atoms. The molecular formula is C9H9N3O4S. The zero-order valence-electron chi connectivity index (χ0n) is 8.57. The van der Waals surface area contributed by atoms with Gasteiger partial charge in [0, 0.05) is 0 Å². The molecular weight excluding hydrogens is 246 g/mol. The van der Waals surface area contributed by atoms with E-state index in [1.807, 2.05) is 0 Å². The van der Waals surface area contributed by atoms with Crippen LogP contribution < -0.4 is 4.72 Å². The van der Waals surface area contributed by atoms with Gasteiger partial charge in [-0.15, -0.1) is 0 Å². The Hall–Kier alpha value is -1.93. The van der Waals surface area contributed by atoms with Crippen molar-refractivity contribution in [1.29, 1.82) is 0 Å². The maximum Gasteiger partial charge on any atom is 0.295 e. The lowest BCUT2D eigenvalue weighted by Gasteiger charge is -2.03. The highest BCUT2D eigenvalue weighted by molar-refractivity contribution is 7.92. The molecule has 90 valence electrons. The molecule has 0 unspecified atom stereocenters. The van der Waals surface area contributed by atoms with Crippen LogP contribution in [0.15, 0.2) is 40.4 Å². The van der Waals surface area contributed by atoms with Gasteiger partial charge in [-0.05, 0) is 12.1 Å². The van der Waals surface area contributed by atoms with Crippen molar-refractivity contribution in [3.05, 3.63) is 36.6 Å². The molecule has 0 aromatic carbocycles. The smallest absolute Gasteiger partial charge is 0.295 e. The predicted octanol–water partition coefficient (Wildman–Crippen LogP) is 0.363. The Kier molecular flexibility index (Phi) is 3.07. The van der Waals surface area contributed by atoms with Crippen LogP contribution in [0, 0.1) is 0 Å². The molecule has 0 aliphatic rings. The minimum absolute atomic E-state index is 0.176. The van der Waals surface area contributed by atoms with Crippen molar-refractivity contribution in [3.63, 3.8) is 0 Å². The van der Waals surface area contributed by atoms with Crippen molar-refractivity contribution in [2.24, 2.45) is 0 Å². The summed E-state index contributed by atoms with van der Waals surface area (Å²) >= 11 is 0. The Morgan fingerprint density at radius 1 is 1.29 bits per heavy atom. The highest BCUT2D eigenvalue weighted by Crippen LogP contribution is 2.17. The number of nitrogens with zero attached hydrogens (tertiary/aromatic N) is 2. The van der Waals surface area contributed by atoms with Crippen molar-refractivity contribution < 1.29 is 17.9 Å². The molecule has 2 N–H and O–H groups in total. The van der Waals surface area contributed by atoms with Gasteiger partial charge in [-0.3, -0.25) is 4.72 Å². The number of rotatable bonds is 4. The molecule has 2 heterocycles. The summed E-state index contributed by atoms with van der Waals surface area (Å²) in [6.07, 6.45) is 3.93. The summed E-state index contributed by atoms with van der Waals surface area (Å²) in [6, 6.07) is 2.65. The summed E-state index contributed by atoms with van der Waals surface area (Å²) in [5.74, 6) is 0.176. The molecule has 0 radical (unpaired) electrons. The van der Waals surface area contributed by atoms with E-state index in [0.29, 0.717) is 0 Å². The molecule has 2 aromatic heterocycles. The van der Waals surface area contributed by atoms with Crippen LogP contribution in [0.25, 0.3) is 0 Å². The van der Waals surface area contributed by atoms with Crippen LogP contribution in [-0.2, 0) is 16.6 Å². The number of aromatic nitrogens is 2. The summed E-state index contributed by atoms with van der Waals surface area (Å²) in [4.78, 5) is 7.35. The van der Waals surface area contributed by atoms with Crippen LogP contribution in [0.2, 0.25) is 0 Å². The molecule has 7 nitrogen and oxygen atoms in total. The lowest BCUT2D eigenvalue weighted by atomic mass is 10.5. The van der Waals surface area contributed by atoms with Crippen LogP contribution in [-0.4, -0.2) is 23.5 Å². The average molecular weight is 255 g/mol. The van der Waals surface area contributed by atoms with E-state index >= 15 is 0 Å². The van der Waals surface area contributed by atoms with E-state index in [4.69, 9.17) is 9.52 Å². The van der Waals surface area contributed by atoms with Crippen LogP contribution in [0.4, 0.5) is 5.69 Å². The number of aliphatic hydroxyl groups is 1. The van der Waals surface area contributed by atoms with E-state index in [9.17, 15) is 8.42 Å². The molecule has 0 spiro atoms. The third kappa shape index (κ3) is 2.60. The number of anilines is 1. The minimum Gasteiger partial charge on any atom is -0.445 e. The molecule has 2 rings (SSSR count). The topological polar surface area (TPSA) is 105 Å². The van der Waals surface area contributed by atoms with Gasteiger partial charge in [-0.1, -0.05) is 0 Å². The van der Waals surface area contributed by atoms with Gasteiger partial charge in [0.05, 0.1) is 18.1 Å². The maximum atomic E-state index is 11.8. The van der Waals surface area contributed by atoms with Crippen LogP contribution >= 0.6 is 0 Å². The lowest BCUT2D eigenvalue weighted by molar-refractivity contribution is 0.236. The zero-order valence-corrected chi connectivity index (χ0v) is 9.38. The molecule has 0 saturated carbocycles. The number of nitrogens with one attached hydrogen (secondary N) is 1. The second-order valence-corrected chi connectivity index (χ2v) is 4.72. The van der Waals surface area contributed by atoms with Crippen molar-refractivity contribution in [1.82, 2.24) is 9.97 Å². The molecule has 0 saturated heterocycles. The van der Waals surface area contributed by atoms with Gasteiger partial charge in [-0.2, -0.15) is 8.42 Å². The Bertz CT molecular complexity index is 594. The molecule has 17 heavy (non-hydrogen) atoms. The maximum absolute atomic E-state index is 11.8. The van der Waals surface area contributed by atoms with Crippen LogP contribution in [0.1, 0.15) is 5.76 Å². The quantitative estimate of drug-likeness (QED) is 0.817. The number of furan rings is 1. The molecule has 0 atom stereocenters. The van der Waals surface area contributed by atoms with Gasteiger partial charge in [0.15, 0.2) is 0 Å². The van der Waals surface area contributed by atoms with Gasteiger partial charge in [0.1, 0.15) is 18.7 Å². The average Bonchev–Trinajstić information content (AvgIpc) is 2.79. The van der Waals surface area contributed by atoms with Gasteiger partial charge in [0.2, 0.25) is 5.09 Å². The molecule has 0 fully saturated rings. The standard InChI is InChI=1S/C9H9N3O4S/c13-5-8-1-2-9(16-8)17(14,15)12-7-3-10-6-11-4-7/h1-4,6,12-13H,5H2. The Morgan fingerprint density at radius 3 is 2.59 bits per heavy atom. The third-order valence-corrected chi connectivity index (χ3v) is 3.12. The van der Waals surface area contributed by atoms with Crippen LogP contribution in [0.3, 0.4) is 0 Å². The fraction of sp³-hybridized carbons (Fsp3) is 0.111. The largest absolute Gasteiger partial charge is 0.445 e. The highest BCUT2D eigenvalue weighted by atomic mass is 32.2. The van der Waals surface area contributed by atoms with Gasteiger partial charge >= 0.3 is 0 Å². The van der Waals surface area contributed by atoms with E-state index < -0.39 is 10.0 Å². The number of hydrogen-bond donors (Lipinski definition) is 2. The van der Waals surface area contributed by atoms with E-state index in [-0.39, 0.29) is 23.1 Å². The second kappa shape index (κ2) is 4.52. The van der Waals surface area contributed by atoms with Crippen molar-refractivity contribution >= 4 is 15.7 Å². The van der Waals surface area contributed by atoms with Gasteiger partial charge in [0.25, 0.3) is 10.0 Å². The lowest BCUT2D eigenvalue weighted by Crippen LogP contribution is -2.12. The number of hydrogen-bond acceptors (Lipinski definition) is 6. The van der Waals surface area contributed by atoms with Crippen LogP contribution in [0.5, 0.6) is 0 Å². The first-order chi connectivity index (χ1) is 8.12. The molecule has 2 aromatic rings. The van der Waals surface area contributed by atoms with Crippen molar-refractivity contribution in [2.75, 3.05) is 4.72 Å². The van der Waals surface area contributed by atoms with Gasteiger partial charge in [-0.25, -0.2) is 9.97 Å².